The number of hydrogen-bond acceptors (Lipinski definition) is 4. The highest BCUT2D eigenvalue weighted by molar-refractivity contribution is 5.22. The summed E-state index contributed by atoms with van der Waals surface area (Å²) in [5.74, 6) is -0.611. The van der Waals surface area contributed by atoms with Gasteiger partial charge >= 0.3 is 0 Å². The summed E-state index contributed by atoms with van der Waals surface area (Å²) in [5.41, 5.74) is 1.01. The molecule has 2 atom stereocenters. The van der Waals surface area contributed by atoms with Gasteiger partial charge in [-0.05, 0) is 18.9 Å². The molecular weight excluding hydrogens is 196 g/mol. The van der Waals surface area contributed by atoms with Gasteiger partial charge in [0, 0.05) is 18.9 Å². The maximum Gasteiger partial charge on any atom is 0.188 e. The Bertz CT molecular complexity index is 255. The Hall–Kier alpha value is -0.420. The van der Waals surface area contributed by atoms with E-state index in [9.17, 15) is 5.11 Å². The van der Waals surface area contributed by atoms with E-state index in [0.717, 1.165) is 5.57 Å². The number of aliphatic hydroxyl groups is 2. The van der Waals surface area contributed by atoms with Gasteiger partial charge < -0.3 is 19.7 Å². The minimum atomic E-state index is -0.648. The van der Waals surface area contributed by atoms with Crippen LogP contribution in [-0.4, -0.2) is 41.9 Å². The molecule has 1 saturated heterocycles. The van der Waals surface area contributed by atoms with E-state index in [0.29, 0.717) is 26.1 Å². The van der Waals surface area contributed by atoms with Crippen molar-refractivity contribution in [1.29, 1.82) is 0 Å². The SMILES string of the molecule is CC1(C2=C[C@@H](CCO)[C@@H](O)C2)OCCO1. The number of rotatable bonds is 3. The minimum Gasteiger partial charge on any atom is -0.396 e. The van der Waals surface area contributed by atoms with Crippen molar-refractivity contribution in [2.75, 3.05) is 19.8 Å². The van der Waals surface area contributed by atoms with Crippen molar-refractivity contribution < 1.29 is 19.7 Å². The monoisotopic (exact) mass is 214 g/mol. The van der Waals surface area contributed by atoms with Crippen LogP contribution in [-0.2, 0) is 9.47 Å². The molecule has 15 heavy (non-hydrogen) atoms. The van der Waals surface area contributed by atoms with Gasteiger partial charge in [-0.15, -0.1) is 0 Å². The van der Waals surface area contributed by atoms with E-state index in [1.807, 2.05) is 13.0 Å². The van der Waals surface area contributed by atoms with Crippen LogP contribution in [0.1, 0.15) is 19.8 Å². The first-order valence-electron chi connectivity index (χ1n) is 5.44. The molecule has 0 spiro atoms. The zero-order chi connectivity index (χ0) is 10.9. The molecule has 0 amide bonds. The molecule has 0 aromatic heterocycles. The molecule has 0 unspecified atom stereocenters. The Labute approximate surface area is 89.5 Å². The van der Waals surface area contributed by atoms with Crippen LogP contribution in [0.25, 0.3) is 0 Å². The highest BCUT2D eigenvalue weighted by atomic mass is 16.7. The summed E-state index contributed by atoms with van der Waals surface area (Å²) in [6.45, 7) is 3.20. The summed E-state index contributed by atoms with van der Waals surface area (Å²) in [6, 6.07) is 0. The summed E-state index contributed by atoms with van der Waals surface area (Å²) in [5, 5.41) is 18.6. The van der Waals surface area contributed by atoms with Crippen molar-refractivity contribution >= 4 is 0 Å². The summed E-state index contributed by atoms with van der Waals surface area (Å²) < 4.78 is 11.1. The standard InChI is InChI=1S/C11H18O4/c1-11(14-4-5-15-11)9-6-8(2-3-12)10(13)7-9/h6,8,10,12-13H,2-5,7H2,1H3/t8-,10+/m1/s1. The van der Waals surface area contributed by atoms with E-state index >= 15 is 0 Å². The second kappa shape index (κ2) is 4.22. The number of hydrogen-bond donors (Lipinski definition) is 2. The molecule has 1 fully saturated rings. The molecular formula is C11H18O4. The van der Waals surface area contributed by atoms with E-state index in [1.54, 1.807) is 0 Å². The average molecular weight is 214 g/mol. The van der Waals surface area contributed by atoms with Crippen LogP contribution in [0.5, 0.6) is 0 Å². The van der Waals surface area contributed by atoms with Gasteiger partial charge in [0.25, 0.3) is 0 Å². The molecule has 4 nitrogen and oxygen atoms in total. The Morgan fingerprint density at radius 3 is 2.73 bits per heavy atom. The van der Waals surface area contributed by atoms with Crippen molar-refractivity contribution in [3.8, 4) is 0 Å². The molecule has 2 N–H and O–H groups in total. The van der Waals surface area contributed by atoms with Crippen molar-refractivity contribution in [1.82, 2.24) is 0 Å². The van der Waals surface area contributed by atoms with Crippen molar-refractivity contribution in [3.05, 3.63) is 11.6 Å². The second-order valence-corrected chi connectivity index (χ2v) is 4.28. The normalized spacial score (nSPS) is 34.5. The van der Waals surface area contributed by atoms with Crippen molar-refractivity contribution in [2.24, 2.45) is 5.92 Å². The zero-order valence-electron chi connectivity index (χ0n) is 8.98. The van der Waals surface area contributed by atoms with E-state index in [2.05, 4.69) is 0 Å². The summed E-state index contributed by atoms with van der Waals surface area (Å²) in [7, 11) is 0. The maximum absolute atomic E-state index is 9.79. The third kappa shape index (κ3) is 2.08. The summed E-state index contributed by atoms with van der Waals surface area (Å²) in [4.78, 5) is 0. The molecule has 1 heterocycles. The van der Waals surface area contributed by atoms with Crippen LogP contribution in [0.4, 0.5) is 0 Å². The van der Waals surface area contributed by atoms with Gasteiger partial charge in [-0.2, -0.15) is 0 Å². The predicted molar refractivity (Wildman–Crippen MR) is 54.2 cm³/mol. The van der Waals surface area contributed by atoms with Crippen LogP contribution >= 0.6 is 0 Å². The van der Waals surface area contributed by atoms with E-state index in [1.165, 1.54) is 0 Å². The first-order valence-corrected chi connectivity index (χ1v) is 5.44. The molecule has 0 radical (unpaired) electrons. The van der Waals surface area contributed by atoms with Gasteiger partial charge in [0.1, 0.15) is 0 Å². The average Bonchev–Trinajstić information content (AvgIpc) is 2.76. The lowest BCUT2D eigenvalue weighted by molar-refractivity contribution is -0.112. The quantitative estimate of drug-likeness (QED) is 0.669. The largest absolute Gasteiger partial charge is 0.396 e. The molecule has 4 heteroatoms. The smallest absolute Gasteiger partial charge is 0.188 e. The molecule has 0 aromatic carbocycles. The van der Waals surface area contributed by atoms with Gasteiger partial charge in [-0.1, -0.05) is 6.08 Å². The van der Waals surface area contributed by atoms with E-state index < -0.39 is 11.9 Å². The van der Waals surface area contributed by atoms with Gasteiger partial charge in [0.05, 0.1) is 19.3 Å². The lowest BCUT2D eigenvalue weighted by atomic mass is 10.0. The highest BCUT2D eigenvalue weighted by Crippen LogP contribution is 2.38. The Morgan fingerprint density at radius 1 is 1.47 bits per heavy atom. The van der Waals surface area contributed by atoms with Crippen LogP contribution in [0.3, 0.4) is 0 Å². The molecule has 1 aliphatic carbocycles. The highest BCUT2D eigenvalue weighted by Gasteiger charge is 2.40. The first kappa shape index (κ1) is 11.1. The summed E-state index contributed by atoms with van der Waals surface area (Å²) >= 11 is 0. The van der Waals surface area contributed by atoms with Crippen LogP contribution < -0.4 is 0 Å². The number of aliphatic hydroxyl groups excluding tert-OH is 2. The van der Waals surface area contributed by atoms with E-state index in [-0.39, 0.29) is 12.5 Å². The second-order valence-electron chi connectivity index (χ2n) is 4.28. The fourth-order valence-electron chi connectivity index (χ4n) is 2.28. The Morgan fingerprint density at radius 2 is 2.13 bits per heavy atom. The summed E-state index contributed by atoms with van der Waals surface area (Å²) in [6.07, 6.45) is 2.77. The van der Waals surface area contributed by atoms with Crippen molar-refractivity contribution in [2.45, 2.75) is 31.7 Å². The fraction of sp³-hybridized carbons (Fsp3) is 0.818. The molecule has 2 aliphatic rings. The van der Waals surface area contributed by atoms with Crippen LogP contribution in [0.2, 0.25) is 0 Å². The van der Waals surface area contributed by atoms with E-state index in [4.69, 9.17) is 14.6 Å². The molecule has 86 valence electrons. The van der Waals surface area contributed by atoms with Gasteiger partial charge in [-0.3, -0.25) is 0 Å². The lowest BCUT2D eigenvalue weighted by Gasteiger charge is -2.24. The van der Waals surface area contributed by atoms with Gasteiger partial charge in [0.15, 0.2) is 5.79 Å². The van der Waals surface area contributed by atoms with Gasteiger partial charge in [0.2, 0.25) is 0 Å². The lowest BCUT2D eigenvalue weighted by Crippen LogP contribution is -2.28. The zero-order valence-corrected chi connectivity index (χ0v) is 8.98. The molecule has 0 saturated carbocycles. The number of ether oxygens (including phenoxy) is 2. The first-order chi connectivity index (χ1) is 7.15. The van der Waals surface area contributed by atoms with Gasteiger partial charge in [-0.25, -0.2) is 0 Å². The van der Waals surface area contributed by atoms with Crippen LogP contribution in [0.15, 0.2) is 11.6 Å². The Kier molecular flexibility index (Phi) is 3.11. The maximum atomic E-state index is 9.79. The third-order valence-corrected chi connectivity index (χ3v) is 3.22. The third-order valence-electron chi connectivity index (χ3n) is 3.22. The van der Waals surface area contributed by atoms with Crippen LogP contribution in [0, 0.1) is 5.92 Å². The fourth-order valence-corrected chi connectivity index (χ4v) is 2.28. The topological polar surface area (TPSA) is 58.9 Å². The molecule has 0 bridgehead atoms. The molecule has 1 aliphatic heterocycles. The predicted octanol–water partition coefficient (Wildman–Crippen LogP) is 0.439. The molecule has 0 aromatic rings. The van der Waals surface area contributed by atoms with Crippen molar-refractivity contribution in [3.63, 3.8) is 0 Å². The Balaban J connectivity index is 2.07. The molecule has 2 rings (SSSR count). The minimum absolute atomic E-state index is 0.0367.